The van der Waals surface area contributed by atoms with Crippen molar-refractivity contribution in [3.05, 3.63) is 45.0 Å². The van der Waals surface area contributed by atoms with Gasteiger partial charge in [0.25, 0.3) is 0 Å². The van der Waals surface area contributed by atoms with Gasteiger partial charge >= 0.3 is 0 Å². The summed E-state index contributed by atoms with van der Waals surface area (Å²) in [4.78, 5) is 12.9. The number of halogens is 2. The molecule has 1 fully saturated rings. The first-order valence-corrected chi connectivity index (χ1v) is 10.4. The minimum Gasteiger partial charge on any atom is -0.389 e. The largest absolute Gasteiger partial charge is 0.389 e. The van der Waals surface area contributed by atoms with E-state index in [4.69, 9.17) is 11.6 Å². The molecule has 1 aliphatic rings. The van der Waals surface area contributed by atoms with E-state index < -0.39 is 12.2 Å². The molecule has 4 rings (SSSR count). The predicted molar refractivity (Wildman–Crippen MR) is 110 cm³/mol. The van der Waals surface area contributed by atoms with Crippen LogP contribution >= 0.6 is 46.0 Å². The fraction of sp³-hybridized carbons (Fsp3) is 0.312. The molecule has 3 N–H and O–H groups in total. The number of fused-ring (bicyclic) bond motifs is 1. The van der Waals surface area contributed by atoms with Crippen LogP contribution in [0.3, 0.4) is 0 Å². The van der Waals surface area contributed by atoms with Crippen LogP contribution in [-0.4, -0.2) is 47.7 Å². The number of hydrogen-bond donors (Lipinski definition) is 3. The van der Waals surface area contributed by atoms with E-state index in [0.29, 0.717) is 29.3 Å². The van der Waals surface area contributed by atoms with Crippen molar-refractivity contribution in [1.29, 1.82) is 0 Å². The summed E-state index contributed by atoms with van der Waals surface area (Å²) in [6.45, 7) is 0.575. The van der Waals surface area contributed by atoms with Crippen LogP contribution < -0.4 is 5.32 Å². The monoisotopic (exact) mass is 503 g/mol. The van der Waals surface area contributed by atoms with Crippen molar-refractivity contribution < 1.29 is 10.2 Å². The third-order valence-corrected chi connectivity index (χ3v) is 6.36. The van der Waals surface area contributed by atoms with E-state index in [1.54, 1.807) is 10.9 Å². The van der Waals surface area contributed by atoms with Crippen LogP contribution in [-0.2, 0) is 6.54 Å². The number of hydrogen-bond acceptors (Lipinski definition) is 7. The molecule has 3 atom stereocenters. The van der Waals surface area contributed by atoms with Gasteiger partial charge in [0.2, 0.25) is 5.28 Å². The normalized spacial score (nSPS) is 22.8. The van der Waals surface area contributed by atoms with E-state index in [9.17, 15) is 10.2 Å². The van der Waals surface area contributed by atoms with E-state index in [-0.39, 0.29) is 10.7 Å². The van der Waals surface area contributed by atoms with E-state index in [1.807, 2.05) is 18.2 Å². The first kappa shape index (κ1) is 18.2. The van der Waals surface area contributed by atoms with Gasteiger partial charge in [0.1, 0.15) is 11.5 Å². The summed E-state index contributed by atoms with van der Waals surface area (Å²) < 4.78 is 2.90. The standard InChI is InChI=1S/C16H15ClIN5O2S/c17-16-21-13(19-5-8-2-1-3-9(18)4-8)11-14(22-16)23(7-20-11)15-12(25)10(24)6-26-15/h1-4,7,10,12,15,24-25H,5-6H2,(H,19,21,22)/t10-,12-,15?/m1/s1. The third-order valence-electron chi connectivity index (χ3n) is 4.14. The van der Waals surface area contributed by atoms with Gasteiger partial charge in [-0.1, -0.05) is 12.1 Å². The van der Waals surface area contributed by atoms with Crippen LogP contribution in [0.15, 0.2) is 30.6 Å². The summed E-state index contributed by atoms with van der Waals surface area (Å²) >= 11 is 9.83. The van der Waals surface area contributed by atoms with E-state index in [0.717, 1.165) is 9.13 Å². The highest BCUT2D eigenvalue weighted by Crippen LogP contribution is 2.38. The van der Waals surface area contributed by atoms with Crippen LogP contribution in [0.2, 0.25) is 5.28 Å². The molecule has 2 aromatic heterocycles. The summed E-state index contributed by atoms with van der Waals surface area (Å²) in [6, 6.07) is 8.14. The number of thioether (sulfide) groups is 1. The van der Waals surface area contributed by atoms with Crippen LogP contribution in [0.25, 0.3) is 11.2 Å². The lowest BCUT2D eigenvalue weighted by Gasteiger charge is -2.17. The van der Waals surface area contributed by atoms with Crippen molar-refractivity contribution in [2.45, 2.75) is 24.1 Å². The number of aliphatic hydroxyl groups excluding tert-OH is 2. The van der Waals surface area contributed by atoms with Crippen LogP contribution in [0, 0.1) is 3.57 Å². The molecule has 7 nitrogen and oxygen atoms in total. The number of nitrogens with one attached hydrogen (secondary N) is 1. The molecule has 0 saturated carbocycles. The van der Waals surface area contributed by atoms with Crippen LogP contribution in [0.5, 0.6) is 0 Å². The molecule has 0 radical (unpaired) electrons. The number of aliphatic hydroxyl groups is 2. The van der Waals surface area contributed by atoms with Gasteiger partial charge in [-0.3, -0.25) is 4.57 Å². The Morgan fingerprint density at radius 3 is 2.92 bits per heavy atom. The highest BCUT2D eigenvalue weighted by atomic mass is 127. The smallest absolute Gasteiger partial charge is 0.226 e. The lowest BCUT2D eigenvalue weighted by atomic mass is 10.2. The Morgan fingerprint density at radius 1 is 1.35 bits per heavy atom. The van der Waals surface area contributed by atoms with Crippen molar-refractivity contribution in [2.24, 2.45) is 0 Å². The zero-order chi connectivity index (χ0) is 18.3. The van der Waals surface area contributed by atoms with Gasteiger partial charge in [-0.25, -0.2) is 4.98 Å². The summed E-state index contributed by atoms with van der Waals surface area (Å²) in [5.41, 5.74) is 2.22. The molecule has 0 aliphatic carbocycles. The molecule has 136 valence electrons. The van der Waals surface area contributed by atoms with Gasteiger partial charge in [0.15, 0.2) is 17.0 Å². The second-order valence-electron chi connectivity index (χ2n) is 5.93. The van der Waals surface area contributed by atoms with Gasteiger partial charge in [-0.2, -0.15) is 9.97 Å². The Balaban J connectivity index is 1.66. The minimum atomic E-state index is -0.881. The maximum Gasteiger partial charge on any atom is 0.226 e. The first-order valence-electron chi connectivity index (χ1n) is 7.89. The van der Waals surface area contributed by atoms with E-state index in [1.165, 1.54) is 11.8 Å². The fourth-order valence-corrected chi connectivity index (χ4v) is 4.92. The number of benzene rings is 1. The molecule has 26 heavy (non-hydrogen) atoms. The highest BCUT2D eigenvalue weighted by Gasteiger charge is 2.36. The average Bonchev–Trinajstić information content (AvgIpc) is 3.17. The Morgan fingerprint density at radius 2 is 2.19 bits per heavy atom. The van der Waals surface area contributed by atoms with Crippen molar-refractivity contribution in [3.8, 4) is 0 Å². The van der Waals surface area contributed by atoms with E-state index in [2.05, 4.69) is 48.9 Å². The quantitative estimate of drug-likeness (QED) is 0.372. The molecule has 1 unspecified atom stereocenters. The SMILES string of the molecule is O[C@@H]1CSC(n2cnc3c(NCc4cccc(I)c4)nc(Cl)nc32)[C@@H]1O. The zero-order valence-electron chi connectivity index (χ0n) is 13.4. The molecule has 1 aliphatic heterocycles. The van der Waals surface area contributed by atoms with Gasteiger partial charge < -0.3 is 15.5 Å². The molecule has 1 saturated heterocycles. The fourth-order valence-electron chi connectivity index (χ4n) is 2.86. The zero-order valence-corrected chi connectivity index (χ0v) is 17.1. The molecule has 10 heteroatoms. The van der Waals surface area contributed by atoms with Crippen LogP contribution in [0.1, 0.15) is 10.9 Å². The third kappa shape index (κ3) is 3.50. The van der Waals surface area contributed by atoms with Gasteiger partial charge in [-0.05, 0) is 51.9 Å². The summed E-state index contributed by atoms with van der Waals surface area (Å²) in [5, 5.41) is 23.0. The Hall–Kier alpha value is -1.14. The number of anilines is 1. The molecule has 3 heterocycles. The molecular weight excluding hydrogens is 489 g/mol. The molecule has 0 amide bonds. The summed E-state index contributed by atoms with van der Waals surface area (Å²) in [7, 11) is 0. The number of rotatable bonds is 4. The Kier molecular flexibility index (Phi) is 5.24. The Labute approximate surface area is 172 Å². The van der Waals surface area contributed by atoms with Crippen molar-refractivity contribution in [1.82, 2.24) is 19.5 Å². The molecule has 0 bridgehead atoms. The topological polar surface area (TPSA) is 96.1 Å². The number of aromatic nitrogens is 4. The maximum atomic E-state index is 10.2. The first-order chi connectivity index (χ1) is 12.5. The second kappa shape index (κ2) is 7.47. The maximum absolute atomic E-state index is 10.2. The second-order valence-corrected chi connectivity index (χ2v) is 8.66. The van der Waals surface area contributed by atoms with Crippen molar-refractivity contribution in [2.75, 3.05) is 11.1 Å². The average molecular weight is 504 g/mol. The number of nitrogens with zero attached hydrogens (tertiary/aromatic N) is 4. The van der Waals surface area contributed by atoms with Gasteiger partial charge in [0, 0.05) is 15.9 Å². The van der Waals surface area contributed by atoms with Crippen LogP contribution in [0.4, 0.5) is 5.82 Å². The Bertz CT molecular complexity index is 956. The molecule has 3 aromatic rings. The molecule has 1 aromatic carbocycles. The van der Waals surface area contributed by atoms with E-state index >= 15 is 0 Å². The van der Waals surface area contributed by atoms with Gasteiger partial charge in [-0.15, -0.1) is 11.8 Å². The minimum absolute atomic E-state index is 0.0995. The molecule has 0 spiro atoms. The summed E-state index contributed by atoms with van der Waals surface area (Å²) in [6.07, 6.45) is -0.0440. The predicted octanol–water partition coefficient (Wildman–Crippen LogP) is 2.66. The lowest BCUT2D eigenvalue weighted by molar-refractivity contribution is 0.0313. The van der Waals surface area contributed by atoms with Crippen molar-refractivity contribution >= 4 is 62.9 Å². The van der Waals surface area contributed by atoms with Gasteiger partial charge in [0.05, 0.1) is 12.4 Å². The highest BCUT2D eigenvalue weighted by molar-refractivity contribution is 14.1. The summed E-state index contributed by atoms with van der Waals surface area (Å²) in [5.74, 6) is 0.998. The number of imidazole rings is 1. The molecular formula is C16H15ClIN5O2S. The van der Waals surface area contributed by atoms with Crippen molar-refractivity contribution in [3.63, 3.8) is 0 Å². The lowest BCUT2D eigenvalue weighted by Crippen LogP contribution is -2.27.